The zero-order valence-electron chi connectivity index (χ0n) is 7.66. The molecule has 0 bridgehead atoms. The van der Waals surface area contributed by atoms with E-state index in [9.17, 15) is 0 Å². The van der Waals surface area contributed by atoms with Gasteiger partial charge in [0.2, 0.25) is 0 Å². The summed E-state index contributed by atoms with van der Waals surface area (Å²) in [4.78, 5) is 0. The Morgan fingerprint density at radius 3 is 3.00 bits per heavy atom. The predicted molar refractivity (Wildman–Crippen MR) is 56.9 cm³/mol. The fraction of sp³-hybridized carbons (Fsp3) is 0.200. The molecule has 0 aliphatic heterocycles. The minimum Gasteiger partial charge on any atom is -0.158 e. The van der Waals surface area contributed by atoms with Gasteiger partial charge < -0.3 is 0 Å². The van der Waals surface area contributed by atoms with Crippen molar-refractivity contribution in [3.8, 4) is 0 Å². The van der Waals surface area contributed by atoms with Gasteiger partial charge in [-0.1, -0.05) is 6.58 Å². The van der Waals surface area contributed by atoms with Gasteiger partial charge in [-0.25, -0.2) is 0 Å². The molecule has 0 unspecified atom stereocenters. The van der Waals surface area contributed by atoms with Gasteiger partial charge in [0.05, 0.1) is 10.9 Å². The minimum atomic E-state index is 1.01. The summed E-state index contributed by atoms with van der Waals surface area (Å²) in [6.45, 7) is 7.97. The highest BCUT2D eigenvalue weighted by atomic mass is 32.1. The van der Waals surface area contributed by atoms with Crippen molar-refractivity contribution < 1.29 is 0 Å². The molecule has 2 aromatic heterocycles. The second-order valence-corrected chi connectivity index (χ2v) is 4.01. The van der Waals surface area contributed by atoms with Gasteiger partial charge in [-0.2, -0.15) is 5.10 Å². The molecule has 0 amide bonds. The molecule has 2 heterocycles. The number of rotatable bonds is 1. The van der Waals surface area contributed by atoms with E-state index in [1.54, 1.807) is 17.5 Å². The molecular weight excluding hydrogens is 180 g/mol. The molecule has 0 aromatic carbocycles. The first-order valence-electron chi connectivity index (χ1n) is 4.05. The van der Waals surface area contributed by atoms with Crippen LogP contribution in [0.2, 0.25) is 0 Å². The highest BCUT2D eigenvalue weighted by Gasteiger charge is 2.07. The molecule has 66 valence electrons. The largest absolute Gasteiger partial charge is 0.158 e. The van der Waals surface area contributed by atoms with Crippen molar-refractivity contribution in [2.75, 3.05) is 0 Å². The lowest BCUT2D eigenvalue weighted by molar-refractivity contribution is 1.07. The molecule has 2 aromatic rings. The Hall–Kier alpha value is -1.22. The van der Waals surface area contributed by atoms with E-state index in [0.29, 0.717) is 0 Å². The highest BCUT2D eigenvalue weighted by Crippen LogP contribution is 2.28. The summed E-state index contributed by atoms with van der Waals surface area (Å²) in [5.41, 5.74) is 4.35. The van der Waals surface area contributed by atoms with Gasteiger partial charge in [0.25, 0.3) is 0 Å². The number of aromatic nitrogens is 2. The van der Waals surface area contributed by atoms with Crippen LogP contribution in [0.3, 0.4) is 0 Å². The third-order valence-electron chi connectivity index (χ3n) is 1.99. The second-order valence-electron chi connectivity index (χ2n) is 3.14. The third kappa shape index (κ3) is 1.25. The van der Waals surface area contributed by atoms with Crippen molar-refractivity contribution in [3.63, 3.8) is 0 Å². The average Bonchev–Trinajstić information content (AvgIpc) is 2.48. The van der Waals surface area contributed by atoms with Gasteiger partial charge in [0.15, 0.2) is 0 Å². The maximum atomic E-state index is 4.10. The molecule has 0 radical (unpaired) electrons. The summed E-state index contributed by atoms with van der Waals surface area (Å²) in [6.07, 6.45) is 1.78. The zero-order chi connectivity index (χ0) is 9.42. The lowest BCUT2D eigenvalue weighted by atomic mass is 10.1. The van der Waals surface area contributed by atoms with Crippen LogP contribution >= 0.6 is 11.3 Å². The van der Waals surface area contributed by atoms with Gasteiger partial charge in [-0.3, -0.25) is 0 Å². The van der Waals surface area contributed by atoms with E-state index in [2.05, 4.69) is 29.1 Å². The molecule has 0 saturated carbocycles. The van der Waals surface area contributed by atoms with Crippen LogP contribution in [0, 0.1) is 6.92 Å². The number of fused-ring (bicyclic) bond motifs is 1. The number of aryl methyl sites for hydroxylation is 1. The minimum absolute atomic E-state index is 1.01. The summed E-state index contributed by atoms with van der Waals surface area (Å²) in [5, 5.41) is 10.2. The van der Waals surface area contributed by atoms with E-state index in [1.165, 1.54) is 10.3 Å². The Balaban J connectivity index is 2.84. The standard InChI is InChI=1S/C10H10N2S/c1-6(2)8-4-11-12-9-7(3)5-13-10(8)9/h4-5H,1H2,2-3H3. The SMILES string of the molecule is C=C(C)c1cnnc2c(C)csc12. The quantitative estimate of drug-likeness (QED) is 0.690. The summed E-state index contributed by atoms with van der Waals surface area (Å²) < 4.78 is 1.19. The maximum absolute atomic E-state index is 4.10. The summed E-state index contributed by atoms with van der Waals surface area (Å²) in [5.74, 6) is 0. The monoisotopic (exact) mass is 190 g/mol. The van der Waals surface area contributed by atoms with E-state index in [0.717, 1.165) is 16.7 Å². The van der Waals surface area contributed by atoms with Gasteiger partial charge in [0.1, 0.15) is 5.52 Å². The fourth-order valence-corrected chi connectivity index (χ4v) is 2.33. The first kappa shape index (κ1) is 8.38. The van der Waals surface area contributed by atoms with Crippen molar-refractivity contribution in [2.24, 2.45) is 0 Å². The van der Waals surface area contributed by atoms with Crippen molar-refractivity contribution >= 4 is 27.1 Å². The van der Waals surface area contributed by atoms with Crippen LogP contribution < -0.4 is 0 Å². The van der Waals surface area contributed by atoms with E-state index in [1.807, 2.05) is 6.92 Å². The number of hydrogen-bond acceptors (Lipinski definition) is 3. The Bertz CT molecular complexity index is 471. The third-order valence-corrected chi connectivity index (χ3v) is 3.11. The zero-order valence-corrected chi connectivity index (χ0v) is 8.48. The molecule has 2 nitrogen and oxygen atoms in total. The van der Waals surface area contributed by atoms with Gasteiger partial charge in [-0.15, -0.1) is 16.4 Å². The van der Waals surface area contributed by atoms with E-state index in [4.69, 9.17) is 0 Å². The van der Waals surface area contributed by atoms with Gasteiger partial charge in [0, 0.05) is 5.56 Å². The molecule has 0 fully saturated rings. The molecule has 0 aliphatic carbocycles. The number of thiophene rings is 1. The van der Waals surface area contributed by atoms with Crippen LogP contribution in [0.1, 0.15) is 18.1 Å². The summed E-state index contributed by atoms with van der Waals surface area (Å²) in [7, 11) is 0. The molecular formula is C10H10N2S. The van der Waals surface area contributed by atoms with Crippen LogP contribution in [0.25, 0.3) is 15.8 Å². The summed E-state index contributed by atoms with van der Waals surface area (Å²) in [6, 6.07) is 0. The molecule has 0 aliphatic rings. The van der Waals surface area contributed by atoms with Crippen molar-refractivity contribution in [1.29, 1.82) is 0 Å². The lowest BCUT2D eigenvalue weighted by Gasteiger charge is -1.98. The van der Waals surface area contributed by atoms with Crippen LogP contribution in [0.5, 0.6) is 0 Å². The number of hydrogen-bond donors (Lipinski definition) is 0. The Morgan fingerprint density at radius 2 is 2.31 bits per heavy atom. The van der Waals surface area contributed by atoms with E-state index < -0.39 is 0 Å². The van der Waals surface area contributed by atoms with Crippen molar-refractivity contribution in [1.82, 2.24) is 10.2 Å². The number of nitrogens with zero attached hydrogens (tertiary/aromatic N) is 2. The number of allylic oxidation sites excluding steroid dienone is 1. The van der Waals surface area contributed by atoms with Gasteiger partial charge >= 0.3 is 0 Å². The molecule has 0 N–H and O–H groups in total. The van der Waals surface area contributed by atoms with Crippen LogP contribution in [-0.4, -0.2) is 10.2 Å². The first-order valence-corrected chi connectivity index (χ1v) is 4.93. The van der Waals surface area contributed by atoms with Gasteiger partial charge in [-0.05, 0) is 30.4 Å². The molecule has 0 atom stereocenters. The molecule has 3 heteroatoms. The molecule has 2 rings (SSSR count). The highest BCUT2D eigenvalue weighted by molar-refractivity contribution is 7.17. The molecule has 13 heavy (non-hydrogen) atoms. The van der Waals surface area contributed by atoms with Crippen LogP contribution in [0.4, 0.5) is 0 Å². The normalized spacial score (nSPS) is 10.6. The second kappa shape index (κ2) is 2.92. The van der Waals surface area contributed by atoms with E-state index >= 15 is 0 Å². The van der Waals surface area contributed by atoms with Crippen LogP contribution in [0.15, 0.2) is 18.2 Å². The Labute approximate surface area is 80.9 Å². The fourth-order valence-electron chi connectivity index (χ4n) is 1.26. The van der Waals surface area contributed by atoms with E-state index in [-0.39, 0.29) is 0 Å². The lowest BCUT2D eigenvalue weighted by Crippen LogP contribution is -1.86. The van der Waals surface area contributed by atoms with Crippen molar-refractivity contribution in [3.05, 3.63) is 29.3 Å². The summed E-state index contributed by atoms with van der Waals surface area (Å²) >= 11 is 1.71. The maximum Gasteiger partial charge on any atom is 0.107 e. The Kier molecular flexibility index (Phi) is 1.88. The Morgan fingerprint density at radius 1 is 1.54 bits per heavy atom. The molecule has 0 spiro atoms. The average molecular weight is 190 g/mol. The molecule has 0 saturated heterocycles. The van der Waals surface area contributed by atoms with Crippen molar-refractivity contribution in [2.45, 2.75) is 13.8 Å². The van der Waals surface area contributed by atoms with Crippen LogP contribution in [-0.2, 0) is 0 Å². The first-order chi connectivity index (χ1) is 6.20. The topological polar surface area (TPSA) is 25.8 Å². The predicted octanol–water partition coefficient (Wildman–Crippen LogP) is 3.03. The smallest absolute Gasteiger partial charge is 0.107 e.